The molecule has 0 aliphatic carbocycles. The van der Waals surface area contributed by atoms with Gasteiger partial charge in [-0.15, -0.1) is 0 Å². The van der Waals surface area contributed by atoms with E-state index in [2.05, 4.69) is 16.4 Å². The summed E-state index contributed by atoms with van der Waals surface area (Å²) in [6.07, 6.45) is -2.10. The van der Waals surface area contributed by atoms with Crippen LogP contribution in [-0.4, -0.2) is 63.1 Å². The number of benzene rings is 1. The van der Waals surface area contributed by atoms with Crippen molar-refractivity contribution >= 4 is 45.8 Å². The third-order valence-corrected chi connectivity index (χ3v) is 10.9. The van der Waals surface area contributed by atoms with E-state index in [0.29, 0.717) is 16.7 Å². The Morgan fingerprint density at radius 1 is 1.24 bits per heavy atom. The second kappa shape index (κ2) is 10.6. The molecule has 0 saturated carbocycles. The summed E-state index contributed by atoms with van der Waals surface area (Å²) in [6.45, 7) is 5.15. The third kappa shape index (κ3) is 6.14. The Kier molecular flexibility index (Phi) is 7.72. The standard InChI is InChI=1S/C25H27ClFN4O8PS/c1-13(14-4-6-15(27)7-5-14)29-19-16-8-9-31(23(16)30-22(26)17(19)10-28)24-21-20(38-25(2,3)39-21)18(37-24)11-41(35,36)12-40(32,33)34/h4-9,13,18,20-21,24H,11-12H2,1-3H3,(H,29,30)(H2,32,33,34)/t13-,18+,20+,21+,24+/m0/s1. The predicted octanol–water partition coefficient (Wildman–Crippen LogP) is 3.84. The highest BCUT2D eigenvalue weighted by atomic mass is 35.5. The van der Waals surface area contributed by atoms with E-state index in [0.717, 1.165) is 5.56 Å². The molecule has 5 atom stereocenters. The number of aromatic nitrogens is 2. The number of nitriles is 1. The first kappa shape index (κ1) is 29.9. The second-order valence-corrected chi connectivity index (χ2v) is 15.0. The number of anilines is 1. The molecule has 3 N–H and O–H groups in total. The molecular formula is C25H27ClFN4O8PS. The van der Waals surface area contributed by atoms with Crippen molar-refractivity contribution in [1.29, 1.82) is 5.26 Å². The van der Waals surface area contributed by atoms with E-state index in [1.165, 1.54) is 12.1 Å². The van der Waals surface area contributed by atoms with E-state index in [-0.39, 0.29) is 22.6 Å². The number of ether oxygens (including phenoxy) is 3. The van der Waals surface area contributed by atoms with Gasteiger partial charge in [-0.05, 0) is 44.5 Å². The lowest BCUT2D eigenvalue weighted by molar-refractivity contribution is -0.193. The molecule has 0 amide bonds. The molecule has 2 aromatic heterocycles. The van der Waals surface area contributed by atoms with Gasteiger partial charge in [-0.2, -0.15) is 5.26 Å². The van der Waals surface area contributed by atoms with Crippen LogP contribution in [0, 0.1) is 17.1 Å². The maximum atomic E-state index is 13.4. The average Bonchev–Trinajstić information content (AvgIpc) is 3.49. The Hall–Kier alpha value is -2.60. The Morgan fingerprint density at radius 2 is 1.90 bits per heavy atom. The van der Waals surface area contributed by atoms with Crippen LogP contribution in [0.5, 0.6) is 0 Å². The Labute approximate surface area is 240 Å². The topological polar surface area (TPSA) is 173 Å². The Morgan fingerprint density at radius 3 is 2.54 bits per heavy atom. The van der Waals surface area contributed by atoms with Crippen LogP contribution < -0.4 is 5.32 Å². The summed E-state index contributed by atoms with van der Waals surface area (Å²) in [4.78, 5) is 22.9. The van der Waals surface area contributed by atoms with Gasteiger partial charge >= 0.3 is 7.60 Å². The Balaban J connectivity index is 1.53. The highest BCUT2D eigenvalue weighted by molar-refractivity contribution is 7.97. The SMILES string of the molecule is C[C@H](Nc1c(C#N)c(Cl)nc2c1ccn2[C@@H]1O[C@H](CS(=O)(=O)CP(=O)(O)O)[C@H]2OC(C)(C)O[C@H]21)c1ccc(F)cc1. The van der Waals surface area contributed by atoms with Gasteiger partial charge in [-0.1, -0.05) is 23.7 Å². The van der Waals surface area contributed by atoms with Crippen LogP contribution >= 0.6 is 19.2 Å². The van der Waals surface area contributed by atoms with Gasteiger partial charge < -0.3 is 33.9 Å². The molecule has 5 rings (SSSR count). The summed E-state index contributed by atoms with van der Waals surface area (Å²) >= 11 is 6.44. The number of hydrogen-bond acceptors (Lipinski definition) is 9. The fraction of sp³-hybridized carbons (Fsp3) is 0.440. The van der Waals surface area contributed by atoms with Gasteiger partial charge in [-0.3, -0.25) is 4.57 Å². The van der Waals surface area contributed by atoms with Crippen molar-refractivity contribution in [2.75, 3.05) is 16.6 Å². The summed E-state index contributed by atoms with van der Waals surface area (Å²) < 4.78 is 69.7. The number of nitrogens with zero attached hydrogens (tertiary/aromatic N) is 3. The minimum absolute atomic E-state index is 0.0898. The molecule has 2 aliphatic rings. The minimum atomic E-state index is -4.85. The van der Waals surface area contributed by atoms with Crippen molar-refractivity contribution in [3.05, 3.63) is 58.6 Å². The molecule has 3 aromatic rings. The largest absolute Gasteiger partial charge is 0.377 e. The maximum Gasteiger partial charge on any atom is 0.340 e. The molecular weight excluding hydrogens is 602 g/mol. The molecule has 1 aromatic carbocycles. The molecule has 2 saturated heterocycles. The number of sulfone groups is 1. The van der Waals surface area contributed by atoms with Crippen LogP contribution in [0.15, 0.2) is 36.5 Å². The van der Waals surface area contributed by atoms with E-state index >= 15 is 0 Å². The van der Waals surface area contributed by atoms with Crippen LogP contribution in [0.1, 0.15) is 44.2 Å². The molecule has 0 spiro atoms. The predicted molar refractivity (Wildman–Crippen MR) is 146 cm³/mol. The van der Waals surface area contributed by atoms with E-state index < -0.39 is 59.0 Å². The van der Waals surface area contributed by atoms with E-state index in [1.54, 1.807) is 42.8 Å². The van der Waals surface area contributed by atoms with Crippen molar-refractivity contribution in [2.24, 2.45) is 0 Å². The minimum Gasteiger partial charge on any atom is -0.377 e. The number of rotatable bonds is 8. The van der Waals surface area contributed by atoms with Crippen LogP contribution in [0.3, 0.4) is 0 Å². The van der Waals surface area contributed by atoms with E-state index in [4.69, 9.17) is 25.8 Å². The van der Waals surface area contributed by atoms with Crippen molar-refractivity contribution < 1.29 is 41.4 Å². The summed E-state index contributed by atoms with van der Waals surface area (Å²) in [5.74, 6) is -2.18. The Bertz CT molecular complexity index is 1690. The fourth-order valence-corrected chi connectivity index (χ4v) is 8.68. The lowest BCUT2D eigenvalue weighted by Gasteiger charge is -2.25. The van der Waals surface area contributed by atoms with Gasteiger partial charge in [0.15, 0.2) is 32.5 Å². The summed E-state index contributed by atoms with van der Waals surface area (Å²) in [5, 5.41) is 13.6. The lowest BCUT2D eigenvalue weighted by Crippen LogP contribution is -2.35. The average molecular weight is 629 g/mol. The third-order valence-electron chi connectivity index (χ3n) is 6.84. The van der Waals surface area contributed by atoms with Gasteiger partial charge in [0.05, 0.1) is 11.4 Å². The highest BCUT2D eigenvalue weighted by Gasteiger charge is 2.57. The lowest BCUT2D eigenvalue weighted by atomic mass is 10.1. The van der Waals surface area contributed by atoms with Crippen molar-refractivity contribution in [2.45, 2.75) is 57.1 Å². The number of fused-ring (bicyclic) bond motifs is 2. The van der Waals surface area contributed by atoms with Gasteiger partial charge in [0.1, 0.15) is 41.4 Å². The molecule has 0 bridgehead atoms. The van der Waals surface area contributed by atoms with Crippen LogP contribution in [0.4, 0.5) is 10.1 Å². The molecule has 12 nitrogen and oxygen atoms in total. The highest BCUT2D eigenvalue weighted by Crippen LogP contribution is 2.46. The maximum absolute atomic E-state index is 13.4. The number of nitrogens with one attached hydrogen (secondary N) is 1. The van der Waals surface area contributed by atoms with Crippen LogP contribution in [0.25, 0.3) is 11.0 Å². The van der Waals surface area contributed by atoms with Gasteiger partial charge in [-0.25, -0.2) is 17.8 Å². The molecule has 220 valence electrons. The first-order valence-electron chi connectivity index (χ1n) is 12.5. The smallest absolute Gasteiger partial charge is 0.340 e. The summed E-state index contributed by atoms with van der Waals surface area (Å²) in [7, 11) is -9.08. The molecule has 0 unspecified atom stereocenters. The zero-order chi connectivity index (χ0) is 29.9. The van der Waals surface area contributed by atoms with Gasteiger partial charge in [0.25, 0.3) is 0 Å². The van der Waals surface area contributed by atoms with Gasteiger partial charge in [0.2, 0.25) is 0 Å². The fourth-order valence-electron chi connectivity index (χ4n) is 5.22. The normalized spacial score (nSPS) is 24.7. The van der Waals surface area contributed by atoms with Crippen LogP contribution in [0.2, 0.25) is 5.15 Å². The molecule has 16 heteroatoms. The van der Waals surface area contributed by atoms with Gasteiger partial charge in [0, 0.05) is 17.6 Å². The van der Waals surface area contributed by atoms with Crippen molar-refractivity contribution in [1.82, 2.24) is 9.55 Å². The van der Waals surface area contributed by atoms with Crippen LogP contribution in [-0.2, 0) is 28.6 Å². The zero-order valence-corrected chi connectivity index (χ0v) is 24.5. The quantitative estimate of drug-likeness (QED) is 0.244. The van der Waals surface area contributed by atoms with E-state index in [9.17, 15) is 32.4 Å². The number of halogens is 2. The summed E-state index contributed by atoms with van der Waals surface area (Å²) in [5.41, 5.74) is 0.222. The van der Waals surface area contributed by atoms with Crippen molar-refractivity contribution in [3.63, 3.8) is 0 Å². The zero-order valence-electron chi connectivity index (χ0n) is 22.1. The molecule has 0 radical (unpaired) electrons. The molecule has 41 heavy (non-hydrogen) atoms. The number of pyridine rings is 1. The number of hydrogen-bond donors (Lipinski definition) is 3. The first-order chi connectivity index (χ1) is 19.1. The molecule has 4 heterocycles. The molecule has 2 aliphatic heterocycles. The monoisotopic (exact) mass is 628 g/mol. The second-order valence-electron chi connectivity index (χ2n) is 10.5. The van der Waals surface area contributed by atoms with Crippen molar-refractivity contribution in [3.8, 4) is 6.07 Å². The molecule has 2 fully saturated rings. The first-order valence-corrected chi connectivity index (χ1v) is 16.5. The van der Waals surface area contributed by atoms with E-state index in [1.807, 2.05) is 6.92 Å². The summed E-state index contributed by atoms with van der Waals surface area (Å²) in [6, 6.07) is 9.32.